The van der Waals surface area contributed by atoms with Gasteiger partial charge in [-0.1, -0.05) is 17.7 Å². The number of nitrogens with one attached hydrogen (secondary N) is 2. The highest BCUT2D eigenvalue weighted by Gasteiger charge is 2.30. The van der Waals surface area contributed by atoms with Crippen molar-refractivity contribution >= 4 is 22.6 Å². The third-order valence-corrected chi connectivity index (χ3v) is 4.85. The predicted octanol–water partition coefficient (Wildman–Crippen LogP) is 5.22. The van der Waals surface area contributed by atoms with E-state index in [2.05, 4.69) is 10.3 Å². The van der Waals surface area contributed by atoms with Gasteiger partial charge in [0.15, 0.2) is 0 Å². The van der Waals surface area contributed by atoms with E-state index in [0.29, 0.717) is 17.6 Å². The fraction of sp³-hybridized carbons (Fsp3) is 0.273. The van der Waals surface area contributed by atoms with Gasteiger partial charge in [-0.2, -0.15) is 13.2 Å². The molecule has 3 rings (SSSR count). The average Bonchev–Trinajstić information content (AvgIpc) is 2.66. The summed E-state index contributed by atoms with van der Waals surface area (Å²) >= 11 is 0. The SMILES string of the molecule is CCN(Cc1cc(=O)[nH]c2c(C)cc(C)cc12)C(=O)Nc1cccc(C(F)(F)F)c1. The van der Waals surface area contributed by atoms with Gasteiger partial charge in [0, 0.05) is 30.2 Å². The van der Waals surface area contributed by atoms with Gasteiger partial charge < -0.3 is 15.2 Å². The Kier molecular flexibility index (Phi) is 5.87. The number of urea groups is 1. The lowest BCUT2D eigenvalue weighted by atomic mass is 10.0. The lowest BCUT2D eigenvalue weighted by molar-refractivity contribution is -0.137. The van der Waals surface area contributed by atoms with E-state index in [1.54, 1.807) is 6.92 Å². The number of benzene rings is 2. The fourth-order valence-electron chi connectivity index (χ4n) is 3.42. The monoisotopic (exact) mass is 417 g/mol. The molecule has 0 aliphatic carbocycles. The van der Waals surface area contributed by atoms with Crippen molar-refractivity contribution in [3.8, 4) is 0 Å². The van der Waals surface area contributed by atoms with Gasteiger partial charge in [-0.15, -0.1) is 0 Å². The molecule has 1 heterocycles. The van der Waals surface area contributed by atoms with E-state index in [9.17, 15) is 22.8 Å². The zero-order valence-corrected chi connectivity index (χ0v) is 16.9. The number of pyridine rings is 1. The van der Waals surface area contributed by atoms with Crippen LogP contribution in [0.5, 0.6) is 0 Å². The third-order valence-electron chi connectivity index (χ3n) is 4.85. The zero-order chi connectivity index (χ0) is 22.1. The standard InChI is InChI=1S/C22H22F3N3O2/c1-4-28(21(30)26-17-7-5-6-16(11-17)22(23,24)25)12-15-10-19(29)27-20-14(3)8-13(2)9-18(15)20/h5-11H,4,12H2,1-3H3,(H,26,30)(H,27,29). The topological polar surface area (TPSA) is 65.2 Å². The second-order valence-electron chi connectivity index (χ2n) is 7.19. The number of amides is 2. The number of nitrogens with zero attached hydrogens (tertiary/aromatic N) is 1. The maximum atomic E-state index is 12.9. The van der Waals surface area contributed by atoms with E-state index in [4.69, 9.17) is 0 Å². The number of carbonyl (C=O) groups is 1. The molecular formula is C22H22F3N3O2. The van der Waals surface area contributed by atoms with Crippen molar-refractivity contribution in [2.45, 2.75) is 33.5 Å². The molecule has 0 spiro atoms. The number of carbonyl (C=O) groups excluding carboxylic acids is 1. The molecule has 1 aromatic heterocycles. The fourth-order valence-corrected chi connectivity index (χ4v) is 3.42. The minimum absolute atomic E-state index is 0.0516. The number of halogens is 3. The van der Waals surface area contributed by atoms with Gasteiger partial charge in [0.1, 0.15) is 0 Å². The molecule has 0 bridgehead atoms. The molecular weight excluding hydrogens is 395 g/mol. The molecule has 0 fully saturated rings. The minimum Gasteiger partial charge on any atom is -0.322 e. The summed E-state index contributed by atoms with van der Waals surface area (Å²) in [6.45, 7) is 6.05. The Hall–Kier alpha value is -3.29. The van der Waals surface area contributed by atoms with Gasteiger partial charge in [0.05, 0.1) is 11.1 Å². The predicted molar refractivity (Wildman–Crippen MR) is 111 cm³/mol. The van der Waals surface area contributed by atoms with Crippen LogP contribution in [0.4, 0.5) is 23.7 Å². The van der Waals surface area contributed by atoms with Crippen molar-refractivity contribution in [3.63, 3.8) is 0 Å². The first-order chi connectivity index (χ1) is 14.1. The van der Waals surface area contributed by atoms with Gasteiger partial charge >= 0.3 is 12.2 Å². The van der Waals surface area contributed by atoms with Crippen LogP contribution in [0.25, 0.3) is 10.9 Å². The average molecular weight is 417 g/mol. The Bertz CT molecular complexity index is 1150. The second-order valence-corrected chi connectivity index (χ2v) is 7.19. The first-order valence-corrected chi connectivity index (χ1v) is 9.45. The highest BCUT2D eigenvalue weighted by atomic mass is 19.4. The Morgan fingerprint density at radius 2 is 1.87 bits per heavy atom. The Labute approximate surface area is 171 Å². The summed E-state index contributed by atoms with van der Waals surface area (Å²) in [5.74, 6) is 0. The van der Waals surface area contributed by atoms with Crippen LogP contribution in [0.15, 0.2) is 47.3 Å². The summed E-state index contributed by atoms with van der Waals surface area (Å²) in [7, 11) is 0. The van der Waals surface area contributed by atoms with E-state index in [1.807, 2.05) is 26.0 Å². The van der Waals surface area contributed by atoms with Crippen molar-refractivity contribution in [3.05, 3.63) is 75.1 Å². The number of rotatable bonds is 4. The van der Waals surface area contributed by atoms with Gasteiger partial charge in [-0.25, -0.2) is 4.79 Å². The van der Waals surface area contributed by atoms with E-state index >= 15 is 0 Å². The number of fused-ring (bicyclic) bond motifs is 1. The molecule has 0 aliphatic heterocycles. The summed E-state index contributed by atoms with van der Waals surface area (Å²) < 4.78 is 38.7. The molecule has 0 saturated heterocycles. The quantitative estimate of drug-likeness (QED) is 0.611. The van der Waals surface area contributed by atoms with Crippen LogP contribution in [0, 0.1) is 13.8 Å². The number of hydrogen-bond acceptors (Lipinski definition) is 2. The molecule has 0 saturated carbocycles. The number of aromatic nitrogens is 1. The molecule has 0 atom stereocenters. The summed E-state index contributed by atoms with van der Waals surface area (Å²) in [5, 5.41) is 3.34. The van der Waals surface area contributed by atoms with E-state index < -0.39 is 17.8 Å². The third kappa shape index (κ3) is 4.64. The van der Waals surface area contributed by atoms with Gasteiger partial charge in [0.25, 0.3) is 0 Å². The lowest BCUT2D eigenvalue weighted by Crippen LogP contribution is -2.34. The molecule has 0 aliphatic rings. The van der Waals surface area contributed by atoms with Gasteiger partial charge in [0.2, 0.25) is 5.56 Å². The largest absolute Gasteiger partial charge is 0.416 e. The molecule has 2 aromatic carbocycles. The van der Waals surface area contributed by atoms with Crippen molar-refractivity contribution < 1.29 is 18.0 Å². The Morgan fingerprint density at radius 3 is 2.53 bits per heavy atom. The van der Waals surface area contributed by atoms with Gasteiger partial charge in [-0.3, -0.25) is 4.79 Å². The smallest absolute Gasteiger partial charge is 0.322 e. The molecule has 30 heavy (non-hydrogen) atoms. The summed E-state index contributed by atoms with van der Waals surface area (Å²) in [6, 6.07) is 9.27. The molecule has 8 heteroatoms. The molecule has 0 unspecified atom stereocenters. The molecule has 2 N–H and O–H groups in total. The first-order valence-electron chi connectivity index (χ1n) is 9.45. The van der Waals surface area contributed by atoms with Crippen LogP contribution < -0.4 is 10.9 Å². The molecule has 5 nitrogen and oxygen atoms in total. The summed E-state index contributed by atoms with van der Waals surface area (Å²) in [6.07, 6.45) is -4.50. The summed E-state index contributed by atoms with van der Waals surface area (Å²) in [4.78, 5) is 29.1. The number of aryl methyl sites for hydroxylation is 2. The minimum atomic E-state index is -4.50. The van der Waals surface area contributed by atoms with Crippen LogP contribution in [-0.2, 0) is 12.7 Å². The van der Waals surface area contributed by atoms with E-state index in [-0.39, 0.29) is 17.8 Å². The van der Waals surface area contributed by atoms with Crippen LogP contribution in [-0.4, -0.2) is 22.5 Å². The van der Waals surface area contributed by atoms with Gasteiger partial charge in [-0.05, 0) is 56.2 Å². The lowest BCUT2D eigenvalue weighted by Gasteiger charge is -2.23. The van der Waals surface area contributed by atoms with Crippen LogP contribution in [0.3, 0.4) is 0 Å². The maximum absolute atomic E-state index is 12.9. The second kappa shape index (κ2) is 8.22. The van der Waals surface area contributed by atoms with Crippen molar-refractivity contribution in [2.24, 2.45) is 0 Å². The first kappa shape index (κ1) is 21.4. The summed E-state index contributed by atoms with van der Waals surface area (Å²) in [5.41, 5.74) is 2.24. The van der Waals surface area contributed by atoms with Crippen molar-refractivity contribution in [1.29, 1.82) is 0 Å². The van der Waals surface area contributed by atoms with Crippen LogP contribution >= 0.6 is 0 Å². The number of H-pyrrole nitrogens is 1. The zero-order valence-electron chi connectivity index (χ0n) is 16.9. The highest BCUT2D eigenvalue weighted by Crippen LogP contribution is 2.30. The van der Waals surface area contributed by atoms with Crippen LogP contribution in [0.2, 0.25) is 0 Å². The van der Waals surface area contributed by atoms with Crippen LogP contribution in [0.1, 0.15) is 29.2 Å². The van der Waals surface area contributed by atoms with Crippen molar-refractivity contribution in [1.82, 2.24) is 9.88 Å². The number of anilines is 1. The highest BCUT2D eigenvalue weighted by molar-refractivity contribution is 5.90. The Morgan fingerprint density at radius 1 is 1.13 bits per heavy atom. The molecule has 2 amide bonds. The maximum Gasteiger partial charge on any atom is 0.416 e. The normalized spacial score (nSPS) is 11.5. The molecule has 0 radical (unpaired) electrons. The van der Waals surface area contributed by atoms with E-state index in [0.717, 1.165) is 28.6 Å². The molecule has 158 valence electrons. The van der Waals surface area contributed by atoms with E-state index in [1.165, 1.54) is 23.1 Å². The number of hydrogen-bond donors (Lipinski definition) is 2. The number of aromatic amines is 1. The number of alkyl halides is 3. The Balaban J connectivity index is 1.89. The van der Waals surface area contributed by atoms with Crippen molar-refractivity contribution in [2.75, 3.05) is 11.9 Å². The molecule has 3 aromatic rings.